The fourth-order valence-electron chi connectivity index (χ4n) is 5.20. The number of pyridine rings is 1. The maximum atomic E-state index is 5.25. The van der Waals surface area contributed by atoms with Gasteiger partial charge in [-0.2, -0.15) is 9.78 Å². The Kier molecular flexibility index (Phi) is 5.63. The zero-order chi connectivity index (χ0) is 26.5. The van der Waals surface area contributed by atoms with Crippen LogP contribution >= 0.6 is 15.9 Å². The zero-order valence-corrected chi connectivity index (χ0v) is 23.0. The molecular formula is C31H24BrN7. The maximum absolute atomic E-state index is 5.25. The molecule has 5 aromatic rings. The van der Waals surface area contributed by atoms with Crippen molar-refractivity contribution in [1.29, 1.82) is 0 Å². The summed E-state index contributed by atoms with van der Waals surface area (Å²) in [5.41, 5.74) is 7.07. The van der Waals surface area contributed by atoms with Gasteiger partial charge in [-0.25, -0.2) is 15.0 Å². The lowest BCUT2D eigenvalue weighted by Crippen LogP contribution is -2.46. The lowest BCUT2D eigenvalue weighted by molar-refractivity contribution is 0.810. The van der Waals surface area contributed by atoms with Gasteiger partial charge in [0.2, 0.25) is 0 Å². The van der Waals surface area contributed by atoms with Crippen molar-refractivity contribution in [2.75, 3.05) is 10.2 Å². The molecular weight excluding hydrogens is 550 g/mol. The van der Waals surface area contributed by atoms with Crippen LogP contribution in [0.25, 0.3) is 5.82 Å². The smallest absolute Gasteiger partial charge is 0.179 e. The summed E-state index contributed by atoms with van der Waals surface area (Å²) >= 11 is 3.70. The Morgan fingerprint density at radius 1 is 0.846 bits per heavy atom. The molecule has 4 heterocycles. The predicted octanol–water partition coefficient (Wildman–Crippen LogP) is 7.44. The molecule has 0 radical (unpaired) electrons. The molecule has 1 unspecified atom stereocenters. The van der Waals surface area contributed by atoms with Crippen LogP contribution in [0.4, 0.5) is 22.9 Å². The summed E-state index contributed by atoms with van der Waals surface area (Å²) in [6.45, 7) is 4.12. The quantitative estimate of drug-likeness (QED) is 0.243. The number of fused-ring (bicyclic) bond motifs is 4. The van der Waals surface area contributed by atoms with E-state index in [1.807, 2.05) is 54.1 Å². The third-order valence-electron chi connectivity index (χ3n) is 6.98. The topological polar surface area (TPSA) is 70.7 Å². The summed E-state index contributed by atoms with van der Waals surface area (Å²) in [5.74, 6) is 2.87. The van der Waals surface area contributed by atoms with Crippen molar-refractivity contribution < 1.29 is 0 Å². The van der Waals surface area contributed by atoms with Gasteiger partial charge in [-0.3, -0.25) is 0 Å². The van der Waals surface area contributed by atoms with E-state index in [-0.39, 0.29) is 6.04 Å². The number of amidine groups is 2. The van der Waals surface area contributed by atoms with Gasteiger partial charge in [0.15, 0.2) is 23.3 Å². The second-order valence-electron chi connectivity index (χ2n) is 9.63. The number of halogens is 1. The van der Waals surface area contributed by atoms with Gasteiger partial charge in [0, 0.05) is 21.9 Å². The van der Waals surface area contributed by atoms with Crippen LogP contribution in [0.3, 0.4) is 0 Å². The Morgan fingerprint density at radius 3 is 2.46 bits per heavy atom. The minimum absolute atomic E-state index is 0.186. The molecule has 2 aliphatic rings. The Balaban J connectivity index is 1.50. The van der Waals surface area contributed by atoms with E-state index < -0.39 is 0 Å². The van der Waals surface area contributed by atoms with E-state index in [4.69, 9.17) is 15.1 Å². The van der Waals surface area contributed by atoms with Gasteiger partial charge in [-0.15, -0.1) is 0 Å². The molecule has 7 rings (SSSR count). The molecule has 2 aliphatic heterocycles. The number of hydrogen-bond acceptors (Lipinski definition) is 6. The number of hydrogen-bond donors (Lipinski definition) is 1. The molecule has 1 atom stereocenters. The fourth-order valence-corrected chi connectivity index (χ4v) is 5.62. The summed E-state index contributed by atoms with van der Waals surface area (Å²) in [5, 5.41) is 8.49. The van der Waals surface area contributed by atoms with Gasteiger partial charge in [-0.1, -0.05) is 64.0 Å². The highest BCUT2D eigenvalue weighted by atomic mass is 79.9. The van der Waals surface area contributed by atoms with Gasteiger partial charge in [0.1, 0.15) is 0 Å². The second kappa shape index (κ2) is 9.32. The highest BCUT2D eigenvalue weighted by Gasteiger charge is 2.41. The molecule has 0 aliphatic carbocycles. The molecule has 0 fully saturated rings. The number of nitrogens with one attached hydrogen (secondary N) is 1. The third-order valence-corrected chi connectivity index (χ3v) is 7.48. The zero-order valence-electron chi connectivity index (χ0n) is 21.4. The van der Waals surface area contributed by atoms with Crippen LogP contribution in [0.5, 0.6) is 0 Å². The minimum Gasteiger partial charge on any atom is -0.337 e. The first kappa shape index (κ1) is 23.5. The number of rotatable bonds is 3. The van der Waals surface area contributed by atoms with Gasteiger partial charge < -0.3 is 10.2 Å². The molecule has 0 saturated heterocycles. The Hall–Kier alpha value is -4.56. The van der Waals surface area contributed by atoms with Crippen LogP contribution in [0, 0.1) is 13.8 Å². The van der Waals surface area contributed by atoms with Gasteiger partial charge in [-0.05, 0) is 67.9 Å². The molecule has 7 nitrogen and oxygen atoms in total. The number of benzene rings is 3. The number of para-hydroxylation sites is 2. The standard InChI is InChI=1S/C31H24BrN7/c1-19-13-15-23(16-14-19)34-29-31-36-30-27(20(2)37-39(30)26-12-5-6-17-33-26)28(21-8-7-9-22(32)18-21)38(31)25-11-4-3-10-24(25)35-29/h3-18,28H,1-2H3,(H,34,35). The maximum Gasteiger partial charge on any atom is 0.179 e. The second-order valence-corrected chi connectivity index (χ2v) is 10.5. The van der Waals surface area contributed by atoms with Gasteiger partial charge >= 0.3 is 0 Å². The number of nitrogens with zero attached hydrogens (tertiary/aromatic N) is 6. The summed E-state index contributed by atoms with van der Waals surface area (Å²) in [6.07, 6.45) is 1.77. The number of anilines is 2. The van der Waals surface area contributed by atoms with Crippen molar-refractivity contribution in [2.24, 2.45) is 9.98 Å². The summed E-state index contributed by atoms with van der Waals surface area (Å²) in [4.78, 5) is 17.2. The average Bonchev–Trinajstić information content (AvgIpc) is 3.29. The van der Waals surface area contributed by atoms with Crippen LogP contribution in [-0.4, -0.2) is 26.4 Å². The van der Waals surface area contributed by atoms with E-state index in [2.05, 4.69) is 86.6 Å². The monoisotopic (exact) mass is 573 g/mol. The first-order valence-corrected chi connectivity index (χ1v) is 13.5. The number of aromatic nitrogens is 3. The van der Waals surface area contributed by atoms with E-state index in [0.717, 1.165) is 50.0 Å². The molecule has 3 aromatic carbocycles. The molecule has 0 saturated carbocycles. The summed E-state index contributed by atoms with van der Waals surface area (Å²) < 4.78 is 2.85. The van der Waals surface area contributed by atoms with Crippen molar-refractivity contribution in [3.63, 3.8) is 0 Å². The molecule has 190 valence electrons. The van der Waals surface area contributed by atoms with Crippen molar-refractivity contribution in [3.05, 3.63) is 124 Å². The fraction of sp³-hybridized carbons (Fsp3) is 0.0968. The summed E-state index contributed by atoms with van der Waals surface area (Å²) in [6, 6.07) is 30.5. The normalized spacial score (nSPS) is 15.6. The van der Waals surface area contributed by atoms with Crippen LogP contribution in [0.15, 0.2) is 112 Å². The van der Waals surface area contributed by atoms with Gasteiger partial charge in [0.05, 0.1) is 23.1 Å². The minimum atomic E-state index is -0.186. The van der Waals surface area contributed by atoms with Crippen LogP contribution in [-0.2, 0) is 0 Å². The number of aryl methyl sites for hydroxylation is 2. The third kappa shape index (κ3) is 4.04. The van der Waals surface area contributed by atoms with Crippen molar-refractivity contribution >= 4 is 50.5 Å². The van der Waals surface area contributed by atoms with E-state index in [9.17, 15) is 0 Å². The van der Waals surface area contributed by atoms with Crippen molar-refractivity contribution in [3.8, 4) is 5.82 Å². The predicted molar refractivity (Wildman–Crippen MR) is 160 cm³/mol. The van der Waals surface area contributed by atoms with Crippen molar-refractivity contribution in [1.82, 2.24) is 14.8 Å². The lowest BCUT2D eigenvalue weighted by Gasteiger charge is -2.40. The molecule has 2 aromatic heterocycles. The first-order valence-electron chi connectivity index (χ1n) is 12.7. The van der Waals surface area contributed by atoms with Crippen LogP contribution in [0.1, 0.15) is 28.4 Å². The summed E-state index contributed by atoms with van der Waals surface area (Å²) in [7, 11) is 0. The van der Waals surface area contributed by atoms with Crippen LogP contribution < -0.4 is 10.2 Å². The first-order chi connectivity index (χ1) is 19.1. The molecule has 8 heteroatoms. The lowest BCUT2D eigenvalue weighted by atomic mass is 9.93. The van der Waals surface area contributed by atoms with E-state index in [0.29, 0.717) is 11.7 Å². The molecule has 0 spiro atoms. The molecule has 0 bridgehead atoms. The molecule has 0 amide bonds. The van der Waals surface area contributed by atoms with Crippen LogP contribution in [0.2, 0.25) is 0 Å². The SMILES string of the molecule is Cc1ccc(NC2=Nc3ccccc3N3C2=Nc2c(c(C)nn2-c2ccccn2)C3c2cccc(Br)c2)cc1. The Bertz CT molecular complexity index is 1770. The van der Waals surface area contributed by atoms with Crippen molar-refractivity contribution in [2.45, 2.75) is 19.9 Å². The van der Waals surface area contributed by atoms with E-state index in [1.54, 1.807) is 6.20 Å². The van der Waals surface area contributed by atoms with E-state index in [1.165, 1.54) is 5.56 Å². The molecule has 1 N–H and O–H groups in total. The van der Waals surface area contributed by atoms with E-state index >= 15 is 0 Å². The Labute approximate surface area is 234 Å². The average molecular weight is 574 g/mol. The largest absolute Gasteiger partial charge is 0.337 e. The Morgan fingerprint density at radius 2 is 1.67 bits per heavy atom. The molecule has 39 heavy (non-hydrogen) atoms. The van der Waals surface area contributed by atoms with Gasteiger partial charge in [0.25, 0.3) is 0 Å². The highest BCUT2D eigenvalue weighted by molar-refractivity contribution is 9.10. The number of aliphatic imine (C=N–C) groups is 2. The highest BCUT2D eigenvalue weighted by Crippen LogP contribution is 2.48.